The van der Waals surface area contributed by atoms with Gasteiger partial charge in [-0.25, -0.2) is 4.79 Å². The molecule has 3 rings (SSSR count). The van der Waals surface area contributed by atoms with Crippen LogP contribution in [0.15, 0.2) is 42.5 Å². The van der Waals surface area contributed by atoms with E-state index >= 15 is 0 Å². The lowest BCUT2D eigenvalue weighted by Crippen LogP contribution is -2.37. The summed E-state index contributed by atoms with van der Waals surface area (Å²) in [6.45, 7) is 6.55. The predicted molar refractivity (Wildman–Crippen MR) is 89.3 cm³/mol. The molecule has 1 heterocycles. The molecule has 4 nitrogen and oxygen atoms in total. The third-order valence-electron chi connectivity index (χ3n) is 4.30. The van der Waals surface area contributed by atoms with Crippen LogP contribution in [0.3, 0.4) is 0 Å². The first-order chi connectivity index (χ1) is 10.9. The van der Waals surface area contributed by atoms with Crippen molar-refractivity contribution in [1.29, 1.82) is 0 Å². The highest BCUT2D eigenvalue weighted by Crippen LogP contribution is 2.46. The van der Waals surface area contributed by atoms with Crippen molar-refractivity contribution < 1.29 is 14.3 Å². The van der Waals surface area contributed by atoms with Crippen LogP contribution in [0.1, 0.15) is 31.1 Å². The minimum atomic E-state index is -0.765. The van der Waals surface area contributed by atoms with E-state index < -0.39 is 12.2 Å². The first-order valence-corrected chi connectivity index (χ1v) is 7.67. The van der Waals surface area contributed by atoms with Gasteiger partial charge in [-0.2, -0.15) is 0 Å². The topological polar surface area (TPSA) is 61.6 Å². The summed E-state index contributed by atoms with van der Waals surface area (Å²) in [7, 11) is 0. The Labute approximate surface area is 136 Å². The zero-order valence-electron chi connectivity index (χ0n) is 13.6. The molecule has 0 aromatic heterocycles. The lowest BCUT2D eigenvalue weighted by Gasteiger charge is -2.38. The van der Waals surface area contributed by atoms with Gasteiger partial charge in [0.1, 0.15) is 11.9 Å². The van der Waals surface area contributed by atoms with Gasteiger partial charge in [-0.05, 0) is 29.7 Å². The van der Waals surface area contributed by atoms with Gasteiger partial charge in [0, 0.05) is 11.0 Å². The summed E-state index contributed by atoms with van der Waals surface area (Å²) >= 11 is 0. The maximum atomic E-state index is 11.3. The van der Waals surface area contributed by atoms with Crippen molar-refractivity contribution >= 4 is 6.09 Å². The second-order valence-corrected chi connectivity index (χ2v) is 6.66. The van der Waals surface area contributed by atoms with Crippen molar-refractivity contribution in [2.75, 3.05) is 6.61 Å². The summed E-state index contributed by atoms with van der Waals surface area (Å²) in [6, 6.07) is 14.2. The number of ether oxygens (including phenoxy) is 2. The van der Waals surface area contributed by atoms with E-state index in [0.29, 0.717) is 6.61 Å². The van der Waals surface area contributed by atoms with Gasteiger partial charge in [0.25, 0.3) is 0 Å². The average molecular weight is 311 g/mol. The van der Waals surface area contributed by atoms with Crippen LogP contribution in [-0.2, 0) is 4.74 Å². The van der Waals surface area contributed by atoms with Crippen LogP contribution in [0.5, 0.6) is 5.75 Å². The highest BCUT2D eigenvalue weighted by Gasteiger charge is 2.40. The quantitative estimate of drug-likeness (QED) is 0.903. The number of nitrogens with two attached hydrogens (primary N) is 1. The van der Waals surface area contributed by atoms with Crippen LogP contribution in [0.25, 0.3) is 11.1 Å². The van der Waals surface area contributed by atoms with Gasteiger partial charge in [-0.15, -0.1) is 0 Å². The Kier molecular flexibility index (Phi) is 3.76. The van der Waals surface area contributed by atoms with E-state index in [1.807, 2.05) is 44.2 Å². The zero-order valence-corrected chi connectivity index (χ0v) is 13.6. The first-order valence-electron chi connectivity index (χ1n) is 7.67. The van der Waals surface area contributed by atoms with E-state index in [4.69, 9.17) is 15.2 Å². The SMILES string of the molecule is Cc1ccccc1-c1ccc2c(c1)OCC(C)(C)C2OC(N)=O. The molecule has 2 N–H and O–H groups in total. The molecule has 0 aliphatic carbocycles. The summed E-state index contributed by atoms with van der Waals surface area (Å²) in [4.78, 5) is 11.3. The Hall–Kier alpha value is -2.49. The number of benzene rings is 2. The molecule has 2 aromatic rings. The van der Waals surface area contributed by atoms with Crippen LogP contribution < -0.4 is 10.5 Å². The molecule has 120 valence electrons. The van der Waals surface area contributed by atoms with Gasteiger partial charge in [0.15, 0.2) is 0 Å². The Morgan fingerprint density at radius 1 is 1.26 bits per heavy atom. The zero-order chi connectivity index (χ0) is 16.6. The number of carbonyl (C=O) groups is 1. The van der Waals surface area contributed by atoms with Gasteiger partial charge in [-0.1, -0.05) is 50.2 Å². The highest BCUT2D eigenvalue weighted by atomic mass is 16.6. The number of primary amides is 1. The molecule has 4 heteroatoms. The fourth-order valence-electron chi connectivity index (χ4n) is 3.04. The number of aryl methyl sites for hydroxylation is 1. The third-order valence-corrected chi connectivity index (χ3v) is 4.30. The third kappa shape index (κ3) is 2.89. The van der Waals surface area contributed by atoms with Crippen molar-refractivity contribution in [3.63, 3.8) is 0 Å². The predicted octanol–water partition coefficient (Wildman–Crippen LogP) is 4.22. The smallest absolute Gasteiger partial charge is 0.405 e. The van der Waals surface area contributed by atoms with Crippen LogP contribution in [0, 0.1) is 12.3 Å². The monoisotopic (exact) mass is 311 g/mol. The van der Waals surface area contributed by atoms with Crippen molar-refractivity contribution in [2.45, 2.75) is 26.9 Å². The number of amides is 1. The molecule has 0 saturated carbocycles. The molecule has 0 fully saturated rings. The largest absolute Gasteiger partial charge is 0.492 e. The second-order valence-electron chi connectivity index (χ2n) is 6.66. The van der Waals surface area contributed by atoms with Gasteiger partial charge < -0.3 is 15.2 Å². The van der Waals surface area contributed by atoms with Gasteiger partial charge >= 0.3 is 6.09 Å². The molecular formula is C19H21NO3. The van der Waals surface area contributed by atoms with E-state index in [9.17, 15) is 4.79 Å². The molecule has 1 amide bonds. The van der Waals surface area contributed by atoms with Crippen LogP contribution in [0.2, 0.25) is 0 Å². The molecule has 0 saturated heterocycles. The van der Waals surface area contributed by atoms with E-state index in [1.165, 1.54) is 5.56 Å². The molecule has 0 spiro atoms. The number of fused-ring (bicyclic) bond motifs is 1. The molecule has 1 atom stereocenters. The summed E-state index contributed by atoms with van der Waals surface area (Å²) in [5.74, 6) is 0.747. The van der Waals surface area contributed by atoms with E-state index in [-0.39, 0.29) is 5.41 Å². The fraction of sp³-hybridized carbons (Fsp3) is 0.316. The number of hydrogen-bond acceptors (Lipinski definition) is 3. The summed E-state index contributed by atoms with van der Waals surface area (Å²) < 4.78 is 11.3. The normalized spacial score (nSPS) is 18.7. The fourth-order valence-corrected chi connectivity index (χ4v) is 3.04. The number of hydrogen-bond donors (Lipinski definition) is 1. The van der Waals surface area contributed by atoms with Crippen molar-refractivity contribution in [3.05, 3.63) is 53.6 Å². The van der Waals surface area contributed by atoms with E-state index in [0.717, 1.165) is 22.4 Å². The van der Waals surface area contributed by atoms with E-state index in [1.54, 1.807) is 0 Å². The van der Waals surface area contributed by atoms with Gasteiger partial charge in [-0.3, -0.25) is 0 Å². The van der Waals surface area contributed by atoms with Crippen molar-refractivity contribution in [1.82, 2.24) is 0 Å². The second kappa shape index (κ2) is 5.61. The maximum absolute atomic E-state index is 11.3. The lowest BCUT2D eigenvalue weighted by atomic mass is 9.80. The van der Waals surface area contributed by atoms with Crippen LogP contribution >= 0.6 is 0 Å². The minimum Gasteiger partial charge on any atom is -0.492 e. The number of carbonyl (C=O) groups excluding carboxylic acids is 1. The lowest BCUT2D eigenvalue weighted by molar-refractivity contribution is -0.0176. The molecule has 2 aromatic carbocycles. The standard InChI is InChI=1S/C19H21NO3/c1-12-6-4-5-7-14(12)13-8-9-15-16(10-13)22-11-19(2,3)17(15)23-18(20)21/h4-10,17H,11H2,1-3H3,(H2,20,21). The molecule has 1 aliphatic heterocycles. The molecule has 0 bridgehead atoms. The Morgan fingerprint density at radius 2 is 2.00 bits per heavy atom. The molecular weight excluding hydrogens is 290 g/mol. The van der Waals surface area contributed by atoms with Crippen molar-refractivity contribution in [3.8, 4) is 16.9 Å². The Morgan fingerprint density at radius 3 is 2.70 bits per heavy atom. The molecule has 1 unspecified atom stereocenters. The average Bonchev–Trinajstić information content (AvgIpc) is 2.50. The molecule has 1 aliphatic rings. The molecule has 0 radical (unpaired) electrons. The first kappa shape index (κ1) is 15.4. The van der Waals surface area contributed by atoms with Crippen LogP contribution in [-0.4, -0.2) is 12.7 Å². The van der Waals surface area contributed by atoms with Gasteiger partial charge in [0.05, 0.1) is 6.61 Å². The Balaban J connectivity index is 2.04. The maximum Gasteiger partial charge on any atom is 0.405 e. The highest BCUT2D eigenvalue weighted by molar-refractivity contribution is 5.70. The summed E-state index contributed by atoms with van der Waals surface area (Å²) in [5.41, 5.74) is 9.22. The molecule has 23 heavy (non-hydrogen) atoms. The Bertz CT molecular complexity index is 752. The van der Waals surface area contributed by atoms with Crippen LogP contribution in [0.4, 0.5) is 4.79 Å². The minimum absolute atomic E-state index is 0.327. The number of rotatable bonds is 2. The van der Waals surface area contributed by atoms with Gasteiger partial charge in [0.2, 0.25) is 0 Å². The summed E-state index contributed by atoms with van der Waals surface area (Å²) in [5, 5.41) is 0. The van der Waals surface area contributed by atoms with Crippen molar-refractivity contribution in [2.24, 2.45) is 11.1 Å². The summed E-state index contributed by atoms with van der Waals surface area (Å²) in [6.07, 6.45) is -1.17. The van der Waals surface area contributed by atoms with E-state index in [2.05, 4.69) is 19.1 Å².